The molecule has 0 saturated carbocycles. The molecule has 0 unspecified atom stereocenters. The molecule has 34 heavy (non-hydrogen) atoms. The van der Waals surface area contributed by atoms with E-state index in [0.29, 0.717) is 16.9 Å². The second-order valence-corrected chi connectivity index (χ2v) is 6.55. The topological polar surface area (TPSA) is 89.5 Å². The van der Waals surface area contributed by atoms with E-state index in [1.165, 1.54) is 30.6 Å². The summed E-state index contributed by atoms with van der Waals surface area (Å²) in [5, 5.41) is 5.25. The van der Waals surface area contributed by atoms with Crippen LogP contribution in [0.3, 0.4) is 0 Å². The predicted molar refractivity (Wildman–Crippen MR) is 116 cm³/mol. The number of alkyl halides is 4. The molecule has 0 fully saturated rings. The zero-order valence-electron chi connectivity index (χ0n) is 17.3. The zero-order chi connectivity index (χ0) is 24.5. The van der Waals surface area contributed by atoms with Crippen LogP contribution in [0.25, 0.3) is 6.08 Å². The maximum absolute atomic E-state index is 12.7. The van der Waals surface area contributed by atoms with E-state index >= 15 is 0 Å². The number of carbonyl (C=O) groups is 2. The van der Waals surface area contributed by atoms with Gasteiger partial charge in [0, 0.05) is 47.0 Å². The summed E-state index contributed by atoms with van der Waals surface area (Å²) in [6.45, 7) is -6.36. The highest BCUT2D eigenvalue weighted by atomic mass is 19.3. The van der Waals surface area contributed by atoms with E-state index in [2.05, 4.69) is 25.1 Å². The third kappa shape index (κ3) is 7.33. The Kier molecular flexibility index (Phi) is 8.16. The standard InChI is InChI=1S/C23H17F4N3O4/c24-22(25)33-18-6-4-14(19(13-18)34-23(26)27)5-7-20(31)29-16-2-1-3-17(12-16)30-21(32)15-8-10-28-11-9-15/h1-13,22-23H,(H,29,31)(H,30,32)/b7-5+. The molecule has 0 radical (unpaired) electrons. The number of nitrogens with zero attached hydrogens (tertiary/aromatic N) is 1. The lowest BCUT2D eigenvalue weighted by Gasteiger charge is -2.11. The summed E-state index contributed by atoms with van der Waals surface area (Å²) >= 11 is 0. The average Bonchev–Trinajstić information content (AvgIpc) is 2.78. The average molecular weight is 475 g/mol. The fraction of sp³-hybridized carbons (Fsp3) is 0.0870. The Hall–Kier alpha value is -4.41. The quantitative estimate of drug-likeness (QED) is 0.329. The van der Waals surface area contributed by atoms with Crippen LogP contribution in [0.15, 0.2) is 73.1 Å². The molecule has 1 aromatic heterocycles. The van der Waals surface area contributed by atoms with Crippen LogP contribution in [0, 0.1) is 0 Å². The number of pyridine rings is 1. The monoisotopic (exact) mass is 475 g/mol. The van der Waals surface area contributed by atoms with Crippen LogP contribution in [-0.2, 0) is 4.79 Å². The summed E-state index contributed by atoms with van der Waals surface area (Å²) in [6.07, 6.45) is 5.18. The second-order valence-electron chi connectivity index (χ2n) is 6.55. The molecule has 2 N–H and O–H groups in total. The van der Waals surface area contributed by atoms with Crippen molar-refractivity contribution in [2.24, 2.45) is 0 Å². The van der Waals surface area contributed by atoms with Crippen molar-refractivity contribution in [3.63, 3.8) is 0 Å². The lowest BCUT2D eigenvalue weighted by molar-refractivity contribution is -0.111. The predicted octanol–water partition coefficient (Wildman–Crippen LogP) is 5.19. The smallest absolute Gasteiger partial charge is 0.387 e. The molecule has 2 aromatic carbocycles. The molecule has 2 amide bonds. The third-order valence-electron chi connectivity index (χ3n) is 4.17. The van der Waals surface area contributed by atoms with Crippen molar-refractivity contribution in [3.8, 4) is 11.5 Å². The minimum absolute atomic E-state index is 0.0374. The first kappa shape index (κ1) is 24.2. The number of ether oxygens (including phenoxy) is 2. The summed E-state index contributed by atoms with van der Waals surface area (Å²) in [4.78, 5) is 28.4. The molecular formula is C23H17F4N3O4. The molecule has 1 heterocycles. The Morgan fingerprint density at radius 1 is 0.853 bits per heavy atom. The van der Waals surface area contributed by atoms with Gasteiger partial charge in [-0.05, 0) is 48.5 Å². The van der Waals surface area contributed by atoms with Crippen molar-refractivity contribution >= 4 is 29.3 Å². The van der Waals surface area contributed by atoms with Gasteiger partial charge in [0.25, 0.3) is 5.91 Å². The van der Waals surface area contributed by atoms with Gasteiger partial charge in [0.05, 0.1) is 0 Å². The van der Waals surface area contributed by atoms with Crippen molar-refractivity contribution in [1.82, 2.24) is 4.98 Å². The van der Waals surface area contributed by atoms with E-state index in [4.69, 9.17) is 0 Å². The number of anilines is 2. The van der Waals surface area contributed by atoms with Gasteiger partial charge in [-0.15, -0.1) is 0 Å². The first-order valence-electron chi connectivity index (χ1n) is 9.64. The Bertz CT molecular complexity index is 1170. The maximum Gasteiger partial charge on any atom is 0.387 e. The van der Waals surface area contributed by atoms with Gasteiger partial charge >= 0.3 is 13.2 Å². The number of hydrogen-bond acceptors (Lipinski definition) is 5. The Labute approximate surface area is 191 Å². The summed E-state index contributed by atoms with van der Waals surface area (Å²) in [5.41, 5.74) is 1.22. The molecule has 0 spiro atoms. The molecule has 7 nitrogen and oxygen atoms in total. The number of nitrogens with one attached hydrogen (secondary N) is 2. The highest BCUT2D eigenvalue weighted by molar-refractivity contribution is 6.05. The molecule has 0 aliphatic carbocycles. The third-order valence-corrected chi connectivity index (χ3v) is 4.17. The van der Waals surface area contributed by atoms with E-state index in [1.807, 2.05) is 0 Å². The minimum atomic E-state index is -3.21. The van der Waals surface area contributed by atoms with Crippen LogP contribution in [0.2, 0.25) is 0 Å². The lowest BCUT2D eigenvalue weighted by atomic mass is 10.1. The fourth-order valence-electron chi connectivity index (χ4n) is 2.76. The van der Waals surface area contributed by atoms with Crippen LogP contribution in [0.5, 0.6) is 11.5 Å². The molecule has 0 aliphatic rings. The molecule has 11 heteroatoms. The van der Waals surface area contributed by atoms with Crippen LogP contribution >= 0.6 is 0 Å². The van der Waals surface area contributed by atoms with Gasteiger partial charge in [-0.2, -0.15) is 17.6 Å². The van der Waals surface area contributed by atoms with Crippen LogP contribution < -0.4 is 20.1 Å². The first-order valence-corrected chi connectivity index (χ1v) is 9.64. The normalized spacial score (nSPS) is 11.0. The largest absolute Gasteiger partial charge is 0.435 e. The van der Waals surface area contributed by atoms with Crippen molar-refractivity contribution in [1.29, 1.82) is 0 Å². The molecule has 0 saturated heterocycles. The van der Waals surface area contributed by atoms with Crippen molar-refractivity contribution in [2.45, 2.75) is 13.2 Å². The zero-order valence-corrected chi connectivity index (χ0v) is 17.3. The van der Waals surface area contributed by atoms with E-state index < -0.39 is 24.9 Å². The molecule has 176 valence electrons. The molecule has 0 atom stereocenters. The number of benzene rings is 2. The van der Waals surface area contributed by atoms with E-state index in [0.717, 1.165) is 18.2 Å². The molecular weight excluding hydrogens is 458 g/mol. The Morgan fingerprint density at radius 2 is 1.53 bits per heavy atom. The first-order chi connectivity index (χ1) is 16.3. The van der Waals surface area contributed by atoms with E-state index in [1.54, 1.807) is 30.3 Å². The van der Waals surface area contributed by atoms with Gasteiger partial charge in [0.2, 0.25) is 5.91 Å². The van der Waals surface area contributed by atoms with Gasteiger partial charge in [-0.1, -0.05) is 6.07 Å². The highest BCUT2D eigenvalue weighted by Gasteiger charge is 2.13. The summed E-state index contributed by atoms with van der Waals surface area (Å²) in [7, 11) is 0. The van der Waals surface area contributed by atoms with Gasteiger partial charge in [-0.3, -0.25) is 14.6 Å². The van der Waals surface area contributed by atoms with Gasteiger partial charge in [0.1, 0.15) is 11.5 Å². The van der Waals surface area contributed by atoms with Crippen LogP contribution in [0.1, 0.15) is 15.9 Å². The van der Waals surface area contributed by atoms with E-state index in [-0.39, 0.29) is 17.2 Å². The number of rotatable bonds is 9. The summed E-state index contributed by atoms with van der Waals surface area (Å²) < 4.78 is 58.5. The number of halogens is 4. The SMILES string of the molecule is O=C(/C=C/c1ccc(OC(F)F)cc1OC(F)F)Nc1cccc(NC(=O)c2ccncc2)c1. The van der Waals surface area contributed by atoms with Crippen LogP contribution in [-0.4, -0.2) is 30.0 Å². The van der Waals surface area contributed by atoms with Crippen molar-refractivity contribution < 1.29 is 36.6 Å². The van der Waals surface area contributed by atoms with Crippen molar-refractivity contribution in [3.05, 3.63) is 84.2 Å². The van der Waals surface area contributed by atoms with Crippen LogP contribution in [0.4, 0.5) is 28.9 Å². The van der Waals surface area contributed by atoms with E-state index in [9.17, 15) is 27.2 Å². The lowest BCUT2D eigenvalue weighted by Crippen LogP contribution is -2.12. The van der Waals surface area contributed by atoms with Crippen molar-refractivity contribution in [2.75, 3.05) is 10.6 Å². The van der Waals surface area contributed by atoms with Gasteiger partial charge < -0.3 is 20.1 Å². The Morgan fingerprint density at radius 3 is 2.21 bits per heavy atom. The molecule has 0 bridgehead atoms. The number of carbonyl (C=O) groups excluding carboxylic acids is 2. The summed E-state index contributed by atoms with van der Waals surface area (Å²) in [5.74, 6) is -1.80. The molecule has 3 rings (SSSR count). The number of aromatic nitrogens is 1. The highest BCUT2D eigenvalue weighted by Crippen LogP contribution is 2.28. The molecule has 0 aliphatic heterocycles. The summed E-state index contributed by atoms with van der Waals surface area (Å²) in [6, 6.07) is 12.6. The maximum atomic E-state index is 12.7. The van der Waals surface area contributed by atoms with Gasteiger partial charge in [-0.25, -0.2) is 0 Å². The minimum Gasteiger partial charge on any atom is -0.435 e. The number of hydrogen-bond donors (Lipinski definition) is 2. The van der Waals surface area contributed by atoms with Gasteiger partial charge in [0.15, 0.2) is 0 Å². The Balaban J connectivity index is 1.68. The fourth-order valence-corrected chi connectivity index (χ4v) is 2.76. The second kappa shape index (κ2) is 11.5. The number of amides is 2. The molecule has 3 aromatic rings.